The molecule has 134 valence electrons. The fraction of sp³-hybridized carbons (Fsp3) is 0.238. The molecule has 0 atom stereocenters. The maximum absolute atomic E-state index is 12.6. The molecule has 0 saturated heterocycles. The smallest absolute Gasteiger partial charge is 0.261 e. The zero-order valence-electron chi connectivity index (χ0n) is 15.0. The molecule has 3 rings (SSSR count). The third kappa shape index (κ3) is 4.70. The molecule has 0 radical (unpaired) electrons. The largest absolute Gasteiger partial charge is 0.493 e. The van der Waals surface area contributed by atoms with Gasteiger partial charge in [0.05, 0.1) is 12.2 Å². The number of anilines is 1. The van der Waals surface area contributed by atoms with Crippen molar-refractivity contribution in [2.75, 3.05) is 11.9 Å². The summed E-state index contributed by atoms with van der Waals surface area (Å²) < 4.78 is 5.66. The number of carbonyl (C=O) groups excluding carboxylic acids is 1. The number of para-hydroxylation sites is 1. The Balaban J connectivity index is 1.67. The Bertz CT molecular complexity index is 872. The summed E-state index contributed by atoms with van der Waals surface area (Å²) in [5.74, 6) is 0.399. The van der Waals surface area contributed by atoms with E-state index in [-0.39, 0.29) is 5.91 Å². The van der Waals surface area contributed by atoms with Crippen molar-refractivity contribution < 1.29 is 9.53 Å². The lowest BCUT2D eigenvalue weighted by molar-refractivity contribution is 0.102. The Kier molecular flexibility index (Phi) is 6.02. The highest BCUT2D eigenvalue weighted by Gasteiger charge is 2.14. The van der Waals surface area contributed by atoms with Gasteiger partial charge in [-0.3, -0.25) is 10.1 Å². The summed E-state index contributed by atoms with van der Waals surface area (Å²) in [6.45, 7) is 4.70. The highest BCUT2D eigenvalue weighted by atomic mass is 32.1. The molecule has 5 heteroatoms. The average Bonchev–Trinajstić information content (AvgIpc) is 3.09. The third-order valence-electron chi connectivity index (χ3n) is 3.87. The predicted octanol–water partition coefficient (Wildman–Crippen LogP) is 5.08. The van der Waals surface area contributed by atoms with Gasteiger partial charge in [0.1, 0.15) is 5.75 Å². The van der Waals surface area contributed by atoms with Gasteiger partial charge in [-0.2, -0.15) is 0 Å². The highest BCUT2D eigenvalue weighted by Crippen LogP contribution is 2.24. The molecule has 0 aliphatic rings. The molecule has 0 aliphatic carbocycles. The summed E-state index contributed by atoms with van der Waals surface area (Å²) in [6.07, 6.45) is 3.52. The normalized spacial score (nSPS) is 10.5. The number of carbonyl (C=O) groups is 1. The van der Waals surface area contributed by atoms with Crippen LogP contribution in [0.4, 0.5) is 5.13 Å². The number of amides is 1. The maximum atomic E-state index is 12.6. The quantitative estimate of drug-likeness (QED) is 0.634. The molecule has 0 fully saturated rings. The van der Waals surface area contributed by atoms with Crippen LogP contribution in [0.1, 0.15) is 39.7 Å². The molecular formula is C21H22N2O2S. The molecule has 1 heterocycles. The second kappa shape index (κ2) is 8.63. The Morgan fingerprint density at radius 3 is 2.69 bits per heavy atom. The van der Waals surface area contributed by atoms with Gasteiger partial charge in [-0.05, 0) is 31.0 Å². The number of ether oxygens (including phenoxy) is 1. The molecule has 26 heavy (non-hydrogen) atoms. The summed E-state index contributed by atoms with van der Waals surface area (Å²) in [4.78, 5) is 18.0. The van der Waals surface area contributed by atoms with E-state index in [0.29, 0.717) is 23.1 Å². The molecule has 2 aromatic carbocycles. The average molecular weight is 366 g/mol. The summed E-state index contributed by atoms with van der Waals surface area (Å²) in [5, 5.41) is 3.48. The van der Waals surface area contributed by atoms with Gasteiger partial charge in [-0.25, -0.2) is 4.98 Å². The van der Waals surface area contributed by atoms with Crippen molar-refractivity contribution in [3.63, 3.8) is 0 Å². The minimum atomic E-state index is -0.201. The Labute approximate surface area is 157 Å². The number of aryl methyl sites for hydroxylation is 1. The van der Waals surface area contributed by atoms with Gasteiger partial charge in [0, 0.05) is 17.5 Å². The van der Waals surface area contributed by atoms with Gasteiger partial charge in [0.2, 0.25) is 0 Å². The lowest BCUT2D eigenvalue weighted by Gasteiger charge is -2.09. The number of aromatic nitrogens is 1. The van der Waals surface area contributed by atoms with Crippen molar-refractivity contribution in [1.29, 1.82) is 0 Å². The first kappa shape index (κ1) is 18.1. The SMILES string of the molecule is CCCOc1ccccc1C(=O)Nc1ncc(Cc2ccc(C)cc2)s1. The van der Waals surface area contributed by atoms with Crippen LogP contribution in [0.2, 0.25) is 0 Å². The van der Waals surface area contributed by atoms with Gasteiger partial charge in [0.15, 0.2) is 5.13 Å². The van der Waals surface area contributed by atoms with Crippen molar-refractivity contribution in [3.8, 4) is 5.75 Å². The predicted molar refractivity (Wildman–Crippen MR) is 106 cm³/mol. The Morgan fingerprint density at radius 2 is 1.92 bits per heavy atom. The van der Waals surface area contributed by atoms with E-state index in [9.17, 15) is 4.79 Å². The molecule has 1 amide bonds. The number of thiazole rings is 1. The van der Waals surface area contributed by atoms with Crippen LogP contribution in [0.25, 0.3) is 0 Å². The van der Waals surface area contributed by atoms with Crippen molar-refractivity contribution in [3.05, 3.63) is 76.3 Å². The number of hydrogen-bond acceptors (Lipinski definition) is 4. The zero-order chi connectivity index (χ0) is 18.4. The minimum Gasteiger partial charge on any atom is -0.493 e. The zero-order valence-corrected chi connectivity index (χ0v) is 15.8. The van der Waals surface area contributed by atoms with Crippen LogP contribution < -0.4 is 10.1 Å². The van der Waals surface area contributed by atoms with Gasteiger partial charge < -0.3 is 4.74 Å². The van der Waals surface area contributed by atoms with Gasteiger partial charge in [-0.15, -0.1) is 11.3 Å². The number of rotatable bonds is 7. The van der Waals surface area contributed by atoms with E-state index in [0.717, 1.165) is 17.7 Å². The molecular weight excluding hydrogens is 344 g/mol. The van der Waals surface area contributed by atoms with E-state index in [1.807, 2.05) is 31.3 Å². The molecule has 0 spiro atoms. The van der Waals surface area contributed by atoms with Gasteiger partial charge >= 0.3 is 0 Å². The van der Waals surface area contributed by atoms with E-state index in [2.05, 4.69) is 41.5 Å². The molecule has 0 unspecified atom stereocenters. The fourth-order valence-corrected chi connectivity index (χ4v) is 3.35. The topological polar surface area (TPSA) is 51.2 Å². The summed E-state index contributed by atoms with van der Waals surface area (Å²) >= 11 is 1.49. The van der Waals surface area contributed by atoms with E-state index in [4.69, 9.17) is 4.74 Å². The van der Waals surface area contributed by atoms with Crippen LogP contribution in [0.3, 0.4) is 0 Å². The van der Waals surface area contributed by atoms with Crippen molar-refractivity contribution in [2.45, 2.75) is 26.7 Å². The van der Waals surface area contributed by atoms with Gasteiger partial charge in [0.25, 0.3) is 5.91 Å². The molecule has 0 saturated carbocycles. The van der Waals surface area contributed by atoms with Crippen molar-refractivity contribution in [1.82, 2.24) is 4.98 Å². The van der Waals surface area contributed by atoms with Crippen molar-refractivity contribution >= 4 is 22.4 Å². The van der Waals surface area contributed by atoms with E-state index in [1.165, 1.54) is 22.5 Å². The lowest BCUT2D eigenvalue weighted by Crippen LogP contribution is -2.13. The first-order chi connectivity index (χ1) is 12.7. The first-order valence-corrected chi connectivity index (χ1v) is 9.51. The number of benzene rings is 2. The maximum Gasteiger partial charge on any atom is 0.261 e. The minimum absolute atomic E-state index is 0.201. The van der Waals surface area contributed by atoms with Crippen LogP contribution in [0.15, 0.2) is 54.7 Å². The van der Waals surface area contributed by atoms with Crippen LogP contribution >= 0.6 is 11.3 Å². The van der Waals surface area contributed by atoms with Crippen LogP contribution in [-0.2, 0) is 6.42 Å². The highest BCUT2D eigenvalue weighted by molar-refractivity contribution is 7.15. The summed E-state index contributed by atoms with van der Waals surface area (Å²) in [6, 6.07) is 15.7. The summed E-state index contributed by atoms with van der Waals surface area (Å²) in [7, 11) is 0. The summed E-state index contributed by atoms with van der Waals surface area (Å²) in [5.41, 5.74) is 3.00. The van der Waals surface area contributed by atoms with E-state index < -0.39 is 0 Å². The molecule has 0 aliphatic heterocycles. The van der Waals surface area contributed by atoms with Crippen LogP contribution in [0, 0.1) is 6.92 Å². The second-order valence-electron chi connectivity index (χ2n) is 6.09. The molecule has 4 nitrogen and oxygen atoms in total. The molecule has 1 aromatic heterocycles. The molecule has 0 bridgehead atoms. The standard InChI is InChI=1S/C21H22N2O2S/c1-3-12-25-19-7-5-4-6-18(19)20(24)23-21-22-14-17(26-21)13-16-10-8-15(2)9-11-16/h4-11,14H,3,12-13H2,1-2H3,(H,22,23,24). The number of nitrogens with zero attached hydrogens (tertiary/aromatic N) is 1. The monoisotopic (exact) mass is 366 g/mol. The lowest BCUT2D eigenvalue weighted by atomic mass is 10.1. The van der Waals surface area contributed by atoms with Crippen LogP contribution in [0.5, 0.6) is 5.75 Å². The van der Waals surface area contributed by atoms with Gasteiger partial charge in [-0.1, -0.05) is 48.9 Å². The fourth-order valence-electron chi connectivity index (χ4n) is 2.51. The second-order valence-corrected chi connectivity index (χ2v) is 7.21. The third-order valence-corrected chi connectivity index (χ3v) is 4.78. The first-order valence-electron chi connectivity index (χ1n) is 8.69. The molecule has 3 aromatic rings. The van der Waals surface area contributed by atoms with E-state index >= 15 is 0 Å². The van der Waals surface area contributed by atoms with E-state index in [1.54, 1.807) is 6.07 Å². The molecule has 1 N–H and O–H groups in total. The number of nitrogens with one attached hydrogen (secondary N) is 1. The Morgan fingerprint density at radius 1 is 1.15 bits per heavy atom. The number of hydrogen-bond donors (Lipinski definition) is 1. The Hall–Kier alpha value is -2.66. The van der Waals surface area contributed by atoms with Crippen molar-refractivity contribution in [2.24, 2.45) is 0 Å². The van der Waals surface area contributed by atoms with Crippen LogP contribution in [-0.4, -0.2) is 17.5 Å².